The fourth-order valence-electron chi connectivity index (χ4n) is 2.18. The predicted molar refractivity (Wildman–Crippen MR) is 102 cm³/mol. The Kier molecular flexibility index (Phi) is 5.11. The van der Waals surface area contributed by atoms with Crippen LogP contribution >= 0.6 is 46.1 Å². The van der Waals surface area contributed by atoms with E-state index < -0.39 is 0 Å². The Morgan fingerprint density at radius 3 is 2.54 bits per heavy atom. The Morgan fingerprint density at radius 1 is 1.08 bits per heavy atom. The summed E-state index contributed by atoms with van der Waals surface area (Å²) < 4.78 is 0. The molecular weight excluding hydrogens is 387 g/mol. The van der Waals surface area contributed by atoms with Gasteiger partial charge in [-0.05, 0) is 43.3 Å². The molecule has 24 heavy (non-hydrogen) atoms. The van der Waals surface area contributed by atoms with Gasteiger partial charge in [0.05, 0.1) is 10.7 Å². The van der Waals surface area contributed by atoms with Crippen molar-refractivity contribution in [3.63, 3.8) is 0 Å². The van der Waals surface area contributed by atoms with Crippen molar-refractivity contribution in [1.29, 1.82) is 0 Å². The molecule has 0 bridgehead atoms. The predicted octanol–water partition coefficient (Wildman–Crippen LogP) is 6.33. The summed E-state index contributed by atoms with van der Waals surface area (Å²) in [5.74, 6) is -0.264. The van der Waals surface area contributed by atoms with Crippen LogP contribution in [-0.4, -0.2) is 10.9 Å². The lowest BCUT2D eigenvalue weighted by Crippen LogP contribution is -2.11. The molecule has 1 heterocycles. The number of thiazole rings is 1. The maximum Gasteiger partial charge on any atom is 0.257 e. The Balaban J connectivity index is 1.88. The largest absolute Gasteiger partial charge is 0.298 e. The highest BCUT2D eigenvalue weighted by molar-refractivity contribution is 7.16. The van der Waals surface area contributed by atoms with E-state index in [-0.39, 0.29) is 5.91 Å². The molecule has 7 heteroatoms. The summed E-state index contributed by atoms with van der Waals surface area (Å²) in [4.78, 5) is 17.7. The first-order valence-electron chi connectivity index (χ1n) is 6.94. The van der Waals surface area contributed by atoms with E-state index in [0.29, 0.717) is 25.8 Å². The summed E-state index contributed by atoms with van der Waals surface area (Å²) in [6, 6.07) is 12.0. The van der Waals surface area contributed by atoms with Crippen LogP contribution in [0.3, 0.4) is 0 Å². The van der Waals surface area contributed by atoms with E-state index in [0.717, 1.165) is 16.1 Å². The number of benzene rings is 2. The van der Waals surface area contributed by atoms with E-state index >= 15 is 0 Å². The van der Waals surface area contributed by atoms with Crippen molar-refractivity contribution in [3.8, 4) is 11.3 Å². The molecule has 1 amide bonds. The van der Waals surface area contributed by atoms with Gasteiger partial charge in [-0.15, -0.1) is 11.3 Å². The van der Waals surface area contributed by atoms with Crippen LogP contribution in [0.4, 0.5) is 5.13 Å². The molecule has 2 aromatic carbocycles. The van der Waals surface area contributed by atoms with Gasteiger partial charge in [-0.2, -0.15) is 0 Å². The molecule has 0 radical (unpaired) electrons. The van der Waals surface area contributed by atoms with Gasteiger partial charge in [0.2, 0.25) is 0 Å². The average molecular weight is 398 g/mol. The molecule has 3 rings (SSSR count). The average Bonchev–Trinajstić information content (AvgIpc) is 2.87. The van der Waals surface area contributed by atoms with Gasteiger partial charge in [0.15, 0.2) is 5.13 Å². The van der Waals surface area contributed by atoms with Gasteiger partial charge in [-0.1, -0.05) is 40.9 Å². The minimum absolute atomic E-state index is 0.264. The zero-order chi connectivity index (χ0) is 17.3. The van der Waals surface area contributed by atoms with Crippen molar-refractivity contribution in [2.45, 2.75) is 6.92 Å². The molecule has 0 fully saturated rings. The number of rotatable bonds is 3. The highest BCUT2D eigenvalue weighted by Crippen LogP contribution is 2.35. The number of amides is 1. The molecule has 0 aliphatic carbocycles. The number of nitrogens with one attached hydrogen (secondary N) is 1. The van der Waals surface area contributed by atoms with E-state index in [4.69, 9.17) is 34.8 Å². The molecule has 0 saturated heterocycles. The number of nitrogens with zero attached hydrogens (tertiary/aromatic N) is 1. The van der Waals surface area contributed by atoms with Gasteiger partial charge in [-0.25, -0.2) is 4.98 Å². The van der Waals surface area contributed by atoms with Crippen LogP contribution in [0.1, 0.15) is 15.2 Å². The molecule has 122 valence electrons. The second-order valence-corrected chi connectivity index (χ2v) is 7.50. The topological polar surface area (TPSA) is 42.0 Å². The molecule has 3 nitrogen and oxygen atoms in total. The summed E-state index contributed by atoms with van der Waals surface area (Å²) in [5, 5.41) is 4.87. The molecule has 0 atom stereocenters. The highest BCUT2D eigenvalue weighted by atomic mass is 35.5. The number of halogens is 3. The number of hydrogen-bond donors (Lipinski definition) is 1. The summed E-state index contributed by atoms with van der Waals surface area (Å²) in [7, 11) is 0. The van der Waals surface area contributed by atoms with Crippen LogP contribution in [0.15, 0.2) is 42.5 Å². The fraction of sp³-hybridized carbons (Fsp3) is 0.0588. The van der Waals surface area contributed by atoms with E-state index in [1.807, 2.05) is 13.0 Å². The maximum absolute atomic E-state index is 12.3. The van der Waals surface area contributed by atoms with Crippen molar-refractivity contribution < 1.29 is 4.79 Å². The lowest BCUT2D eigenvalue weighted by atomic mass is 10.1. The first-order valence-corrected chi connectivity index (χ1v) is 8.89. The van der Waals surface area contributed by atoms with Crippen LogP contribution < -0.4 is 5.32 Å². The Bertz CT molecular complexity index is 924. The van der Waals surface area contributed by atoms with E-state index in [1.165, 1.54) is 11.3 Å². The maximum atomic E-state index is 12.3. The molecule has 0 aliphatic rings. The number of anilines is 1. The lowest BCUT2D eigenvalue weighted by molar-refractivity contribution is 0.102. The zero-order valence-electron chi connectivity index (χ0n) is 12.4. The molecular formula is C17H11Cl3N2OS. The summed E-state index contributed by atoms with van der Waals surface area (Å²) in [6.07, 6.45) is 0. The summed E-state index contributed by atoms with van der Waals surface area (Å²) >= 11 is 19.5. The third kappa shape index (κ3) is 3.73. The first-order chi connectivity index (χ1) is 11.4. The highest BCUT2D eigenvalue weighted by Gasteiger charge is 2.15. The number of carbonyl (C=O) groups is 1. The third-order valence-corrected chi connectivity index (χ3v) is 4.96. The van der Waals surface area contributed by atoms with Gasteiger partial charge in [0, 0.05) is 26.0 Å². The van der Waals surface area contributed by atoms with Crippen LogP contribution in [-0.2, 0) is 0 Å². The quantitative estimate of drug-likeness (QED) is 0.561. The monoisotopic (exact) mass is 396 g/mol. The van der Waals surface area contributed by atoms with Crippen LogP contribution in [0, 0.1) is 6.92 Å². The molecule has 1 aromatic heterocycles. The molecule has 0 spiro atoms. The minimum Gasteiger partial charge on any atom is -0.298 e. The number of carbonyl (C=O) groups excluding carboxylic acids is 1. The van der Waals surface area contributed by atoms with Gasteiger partial charge in [0.25, 0.3) is 5.91 Å². The first kappa shape index (κ1) is 17.2. The van der Waals surface area contributed by atoms with Crippen molar-refractivity contribution in [2.75, 3.05) is 5.32 Å². The van der Waals surface area contributed by atoms with E-state index in [2.05, 4.69) is 10.3 Å². The van der Waals surface area contributed by atoms with Crippen molar-refractivity contribution in [3.05, 3.63) is 68.0 Å². The van der Waals surface area contributed by atoms with Gasteiger partial charge < -0.3 is 0 Å². The number of aryl methyl sites for hydroxylation is 1. The number of aromatic nitrogens is 1. The molecule has 3 aromatic rings. The summed E-state index contributed by atoms with van der Waals surface area (Å²) in [5.41, 5.74) is 1.97. The zero-order valence-corrected chi connectivity index (χ0v) is 15.5. The van der Waals surface area contributed by atoms with Crippen LogP contribution in [0.25, 0.3) is 11.3 Å². The minimum atomic E-state index is -0.264. The third-order valence-electron chi connectivity index (χ3n) is 3.29. The Labute approximate surface area is 158 Å². The number of hydrogen-bond acceptors (Lipinski definition) is 3. The van der Waals surface area contributed by atoms with Gasteiger partial charge in [-0.3, -0.25) is 10.1 Å². The van der Waals surface area contributed by atoms with Crippen molar-refractivity contribution >= 4 is 57.2 Å². The van der Waals surface area contributed by atoms with Crippen molar-refractivity contribution in [1.82, 2.24) is 4.98 Å². The second-order valence-electron chi connectivity index (χ2n) is 5.01. The molecule has 1 N–H and O–H groups in total. The Hall–Kier alpha value is -1.59. The summed E-state index contributed by atoms with van der Waals surface area (Å²) in [6.45, 7) is 1.92. The van der Waals surface area contributed by atoms with Gasteiger partial charge in [0.1, 0.15) is 0 Å². The standard InChI is InChI=1S/C17H11Cl3N2OS/c1-9-15(13-6-5-12(19)8-14(13)20)21-17(24-9)22-16(23)10-3-2-4-11(18)7-10/h2-8H,1H3,(H,21,22,23). The Morgan fingerprint density at radius 2 is 1.83 bits per heavy atom. The fourth-order valence-corrected chi connectivity index (χ4v) is 3.69. The lowest BCUT2D eigenvalue weighted by Gasteiger charge is -2.03. The van der Waals surface area contributed by atoms with Crippen LogP contribution in [0.5, 0.6) is 0 Å². The van der Waals surface area contributed by atoms with Gasteiger partial charge >= 0.3 is 0 Å². The van der Waals surface area contributed by atoms with E-state index in [9.17, 15) is 4.79 Å². The molecule has 0 aliphatic heterocycles. The smallest absolute Gasteiger partial charge is 0.257 e. The SMILES string of the molecule is Cc1sc(NC(=O)c2cccc(Cl)c2)nc1-c1ccc(Cl)cc1Cl. The second kappa shape index (κ2) is 7.11. The molecule has 0 saturated carbocycles. The molecule has 0 unspecified atom stereocenters. The van der Waals surface area contributed by atoms with Crippen LogP contribution in [0.2, 0.25) is 15.1 Å². The normalized spacial score (nSPS) is 10.7. The van der Waals surface area contributed by atoms with E-state index in [1.54, 1.807) is 36.4 Å². The van der Waals surface area contributed by atoms with Crippen molar-refractivity contribution in [2.24, 2.45) is 0 Å².